The highest BCUT2D eigenvalue weighted by Crippen LogP contribution is 2.18. The molecular formula is C9H10BrNO2. The molecule has 0 aromatic carbocycles. The third kappa shape index (κ3) is 2.42. The molecule has 1 aliphatic rings. The Morgan fingerprint density at radius 1 is 1.62 bits per heavy atom. The minimum atomic E-state index is 0.168. The first-order chi connectivity index (χ1) is 6.34. The number of nitrogens with zero attached hydrogens (tertiary/aromatic N) is 1. The van der Waals surface area contributed by atoms with Crippen LogP contribution in [-0.4, -0.2) is 24.3 Å². The van der Waals surface area contributed by atoms with Crippen LogP contribution in [0.4, 0.5) is 0 Å². The maximum Gasteiger partial charge on any atom is 0.214 e. The molecule has 0 aliphatic carbocycles. The van der Waals surface area contributed by atoms with Gasteiger partial charge in [-0.05, 0) is 6.07 Å². The first-order valence-corrected chi connectivity index (χ1v) is 5.00. The molecule has 3 nitrogen and oxygen atoms in total. The Hall–Kier alpha value is -0.610. The zero-order valence-electron chi connectivity index (χ0n) is 7.07. The number of aromatic nitrogens is 1. The quantitative estimate of drug-likeness (QED) is 0.797. The van der Waals surface area contributed by atoms with E-state index in [9.17, 15) is 0 Å². The summed E-state index contributed by atoms with van der Waals surface area (Å²) in [6.07, 6.45) is 2.84. The lowest BCUT2D eigenvalue weighted by Crippen LogP contribution is -2.16. The zero-order valence-corrected chi connectivity index (χ0v) is 8.66. The van der Waals surface area contributed by atoms with E-state index in [-0.39, 0.29) is 6.10 Å². The van der Waals surface area contributed by atoms with Crippen molar-refractivity contribution in [3.63, 3.8) is 0 Å². The average Bonchev–Trinajstić information content (AvgIpc) is 2.57. The molecular weight excluding hydrogens is 234 g/mol. The standard InChI is InChI=1S/C9H10BrNO2/c10-7-1-3-11-9(5-7)13-8-2-4-12-6-8/h1,3,5,8H,2,4,6H2/t8-/m0/s1. The second kappa shape index (κ2) is 4.07. The van der Waals surface area contributed by atoms with Gasteiger partial charge in [0.2, 0.25) is 5.88 Å². The second-order valence-electron chi connectivity index (χ2n) is 2.92. The Labute approximate surface area is 85.2 Å². The van der Waals surface area contributed by atoms with Crippen LogP contribution in [0.3, 0.4) is 0 Å². The summed E-state index contributed by atoms with van der Waals surface area (Å²) in [6, 6.07) is 3.73. The molecule has 0 N–H and O–H groups in total. The van der Waals surface area contributed by atoms with Crippen LogP contribution in [0.25, 0.3) is 0 Å². The van der Waals surface area contributed by atoms with Crippen molar-refractivity contribution in [2.24, 2.45) is 0 Å². The summed E-state index contributed by atoms with van der Waals surface area (Å²) >= 11 is 3.36. The monoisotopic (exact) mass is 243 g/mol. The van der Waals surface area contributed by atoms with Gasteiger partial charge in [-0.15, -0.1) is 0 Å². The molecule has 0 amide bonds. The summed E-state index contributed by atoms with van der Waals surface area (Å²) in [4.78, 5) is 4.10. The third-order valence-corrected chi connectivity index (χ3v) is 2.37. The fourth-order valence-corrected chi connectivity index (χ4v) is 1.54. The third-order valence-electron chi connectivity index (χ3n) is 1.87. The van der Waals surface area contributed by atoms with Crippen LogP contribution in [0, 0.1) is 0 Å². The summed E-state index contributed by atoms with van der Waals surface area (Å²) in [5.74, 6) is 0.657. The Balaban J connectivity index is 2.00. The van der Waals surface area contributed by atoms with Crippen LogP contribution in [-0.2, 0) is 4.74 Å². The maximum atomic E-state index is 5.59. The van der Waals surface area contributed by atoms with E-state index < -0.39 is 0 Å². The van der Waals surface area contributed by atoms with Gasteiger partial charge >= 0.3 is 0 Å². The van der Waals surface area contributed by atoms with Crippen molar-refractivity contribution in [1.29, 1.82) is 0 Å². The van der Waals surface area contributed by atoms with E-state index in [0.717, 1.165) is 17.5 Å². The number of hydrogen-bond acceptors (Lipinski definition) is 3. The first-order valence-electron chi connectivity index (χ1n) is 4.20. The minimum absolute atomic E-state index is 0.168. The van der Waals surface area contributed by atoms with Crippen LogP contribution in [0.15, 0.2) is 22.8 Å². The van der Waals surface area contributed by atoms with Crippen molar-refractivity contribution in [2.45, 2.75) is 12.5 Å². The number of hydrogen-bond donors (Lipinski definition) is 0. The molecule has 1 atom stereocenters. The highest BCUT2D eigenvalue weighted by atomic mass is 79.9. The Kier molecular flexibility index (Phi) is 2.80. The Bertz CT molecular complexity index is 287. The van der Waals surface area contributed by atoms with E-state index in [1.54, 1.807) is 6.20 Å². The predicted octanol–water partition coefficient (Wildman–Crippen LogP) is 2.01. The van der Waals surface area contributed by atoms with E-state index in [1.165, 1.54) is 0 Å². The fraction of sp³-hybridized carbons (Fsp3) is 0.444. The highest BCUT2D eigenvalue weighted by molar-refractivity contribution is 9.10. The van der Waals surface area contributed by atoms with Gasteiger partial charge in [-0.2, -0.15) is 0 Å². The largest absolute Gasteiger partial charge is 0.472 e. The van der Waals surface area contributed by atoms with Crippen LogP contribution in [0.2, 0.25) is 0 Å². The number of halogens is 1. The zero-order chi connectivity index (χ0) is 9.10. The molecule has 2 heterocycles. The van der Waals surface area contributed by atoms with E-state index in [2.05, 4.69) is 20.9 Å². The maximum absolute atomic E-state index is 5.59. The highest BCUT2D eigenvalue weighted by Gasteiger charge is 2.17. The molecule has 0 unspecified atom stereocenters. The predicted molar refractivity (Wildman–Crippen MR) is 51.8 cm³/mol. The molecule has 70 valence electrons. The summed E-state index contributed by atoms with van der Waals surface area (Å²) < 4.78 is 11.8. The van der Waals surface area contributed by atoms with Crippen molar-refractivity contribution in [3.8, 4) is 5.88 Å². The smallest absolute Gasteiger partial charge is 0.214 e. The van der Waals surface area contributed by atoms with E-state index in [0.29, 0.717) is 12.5 Å². The molecule has 0 saturated carbocycles. The number of rotatable bonds is 2. The Morgan fingerprint density at radius 3 is 3.23 bits per heavy atom. The van der Waals surface area contributed by atoms with Crippen molar-refractivity contribution in [3.05, 3.63) is 22.8 Å². The van der Waals surface area contributed by atoms with Gasteiger partial charge in [-0.25, -0.2) is 4.98 Å². The number of pyridine rings is 1. The van der Waals surface area contributed by atoms with Gasteiger partial charge in [0.1, 0.15) is 6.10 Å². The molecule has 1 aromatic heterocycles. The molecule has 2 rings (SSSR count). The van der Waals surface area contributed by atoms with Crippen molar-refractivity contribution in [1.82, 2.24) is 4.98 Å². The van der Waals surface area contributed by atoms with E-state index >= 15 is 0 Å². The van der Waals surface area contributed by atoms with Crippen LogP contribution in [0.5, 0.6) is 5.88 Å². The van der Waals surface area contributed by atoms with Gasteiger partial charge in [0.15, 0.2) is 0 Å². The lowest BCUT2D eigenvalue weighted by Gasteiger charge is -2.10. The molecule has 13 heavy (non-hydrogen) atoms. The molecule has 4 heteroatoms. The molecule has 1 aromatic rings. The van der Waals surface area contributed by atoms with Gasteiger partial charge in [0, 0.05) is 23.2 Å². The molecule has 0 bridgehead atoms. The Morgan fingerprint density at radius 2 is 2.54 bits per heavy atom. The van der Waals surface area contributed by atoms with Crippen molar-refractivity contribution < 1.29 is 9.47 Å². The molecule has 0 radical (unpaired) electrons. The van der Waals surface area contributed by atoms with Crippen molar-refractivity contribution in [2.75, 3.05) is 13.2 Å². The summed E-state index contributed by atoms with van der Waals surface area (Å²) in [7, 11) is 0. The van der Waals surface area contributed by atoms with Crippen molar-refractivity contribution >= 4 is 15.9 Å². The fourth-order valence-electron chi connectivity index (χ4n) is 1.23. The molecule has 1 aliphatic heterocycles. The van der Waals surface area contributed by atoms with Crippen LogP contribution >= 0.6 is 15.9 Å². The van der Waals surface area contributed by atoms with E-state index in [1.807, 2.05) is 12.1 Å². The molecule has 0 spiro atoms. The van der Waals surface area contributed by atoms with Crippen LogP contribution < -0.4 is 4.74 Å². The normalized spacial score (nSPS) is 21.8. The van der Waals surface area contributed by atoms with E-state index in [4.69, 9.17) is 9.47 Å². The summed E-state index contributed by atoms with van der Waals surface area (Å²) in [5.41, 5.74) is 0. The lowest BCUT2D eigenvalue weighted by molar-refractivity contribution is 0.138. The summed E-state index contributed by atoms with van der Waals surface area (Å²) in [5, 5.41) is 0. The molecule has 1 saturated heterocycles. The van der Waals surface area contributed by atoms with Gasteiger partial charge in [-0.1, -0.05) is 15.9 Å². The van der Waals surface area contributed by atoms with Crippen LogP contribution in [0.1, 0.15) is 6.42 Å². The van der Waals surface area contributed by atoms with Gasteiger partial charge < -0.3 is 9.47 Å². The summed E-state index contributed by atoms with van der Waals surface area (Å²) in [6.45, 7) is 1.47. The van der Waals surface area contributed by atoms with Gasteiger partial charge in [-0.3, -0.25) is 0 Å². The topological polar surface area (TPSA) is 31.4 Å². The molecule has 1 fully saturated rings. The van der Waals surface area contributed by atoms with Gasteiger partial charge in [0.05, 0.1) is 13.2 Å². The first kappa shape index (κ1) is 8.97. The second-order valence-corrected chi connectivity index (χ2v) is 3.83. The minimum Gasteiger partial charge on any atom is -0.472 e. The van der Waals surface area contributed by atoms with Gasteiger partial charge in [0.25, 0.3) is 0 Å². The average molecular weight is 244 g/mol. The SMILES string of the molecule is Brc1ccnc(O[C@H]2CCOC2)c1. The lowest BCUT2D eigenvalue weighted by atomic mass is 10.3. The number of ether oxygens (including phenoxy) is 2.